The highest BCUT2D eigenvalue weighted by atomic mass is 16.3. The van der Waals surface area contributed by atoms with E-state index in [2.05, 4.69) is 44.4 Å². The molecule has 0 saturated heterocycles. The molecule has 0 heterocycles. The van der Waals surface area contributed by atoms with E-state index in [0.717, 1.165) is 25.9 Å². The Labute approximate surface area is 171 Å². The van der Waals surface area contributed by atoms with Gasteiger partial charge in [0.2, 0.25) is 0 Å². The summed E-state index contributed by atoms with van der Waals surface area (Å²) in [5.41, 5.74) is 0. The van der Waals surface area contributed by atoms with Crippen LogP contribution in [0.2, 0.25) is 0 Å². The van der Waals surface area contributed by atoms with Crippen molar-refractivity contribution in [2.45, 2.75) is 105 Å². The van der Waals surface area contributed by atoms with Crippen LogP contribution in [0.1, 0.15) is 98.8 Å². The van der Waals surface area contributed by atoms with Crippen molar-refractivity contribution in [1.82, 2.24) is 9.80 Å². The van der Waals surface area contributed by atoms with E-state index in [0.29, 0.717) is 12.6 Å². The number of aliphatic hydroxyl groups excluding tert-OH is 2. The molecule has 0 rings (SSSR count). The van der Waals surface area contributed by atoms with Gasteiger partial charge < -0.3 is 15.1 Å². The van der Waals surface area contributed by atoms with Crippen molar-refractivity contribution in [3.63, 3.8) is 0 Å². The highest BCUT2D eigenvalue weighted by Gasteiger charge is 2.10. The van der Waals surface area contributed by atoms with Gasteiger partial charge in [-0.1, -0.05) is 53.4 Å². The lowest BCUT2D eigenvalue weighted by molar-refractivity contribution is 0.131. The molecule has 0 saturated carbocycles. The van der Waals surface area contributed by atoms with Crippen LogP contribution in [0.3, 0.4) is 0 Å². The lowest BCUT2D eigenvalue weighted by Crippen LogP contribution is -2.37. The lowest BCUT2D eigenvalue weighted by atomic mass is 10.2. The number of rotatable bonds is 18. The largest absolute Gasteiger partial charge is 0.396 e. The Morgan fingerprint density at radius 2 is 1.00 bits per heavy atom. The Hall–Kier alpha value is -0.160. The Kier molecular flexibility index (Phi) is 25.7. The van der Waals surface area contributed by atoms with Crippen molar-refractivity contribution in [1.29, 1.82) is 0 Å². The predicted octanol–water partition coefficient (Wildman–Crippen LogP) is 4.93. The van der Waals surface area contributed by atoms with Crippen LogP contribution in [0.25, 0.3) is 0 Å². The van der Waals surface area contributed by atoms with E-state index < -0.39 is 0 Å². The third-order valence-corrected chi connectivity index (χ3v) is 5.02. The molecule has 4 heteroatoms. The van der Waals surface area contributed by atoms with Crippen LogP contribution in [0, 0.1) is 0 Å². The van der Waals surface area contributed by atoms with Gasteiger partial charge in [-0.2, -0.15) is 0 Å². The zero-order chi connectivity index (χ0) is 20.8. The van der Waals surface area contributed by atoms with Gasteiger partial charge in [0.25, 0.3) is 0 Å². The molecule has 0 bridgehead atoms. The summed E-state index contributed by atoms with van der Waals surface area (Å²) in [6.07, 6.45) is 12.2. The van der Waals surface area contributed by atoms with Gasteiger partial charge >= 0.3 is 0 Å². The molecule has 0 aliphatic heterocycles. The van der Waals surface area contributed by atoms with Gasteiger partial charge in [0, 0.05) is 12.6 Å². The molecule has 0 aliphatic carbocycles. The molecule has 1 unspecified atom stereocenters. The number of hydrogen-bond acceptors (Lipinski definition) is 4. The van der Waals surface area contributed by atoms with E-state index in [1.54, 1.807) is 0 Å². The number of aliphatic hydroxyl groups is 2. The monoisotopic (exact) mass is 388 g/mol. The van der Waals surface area contributed by atoms with Crippen LogP contribution in [0.15, 0.2) is 0 Å². The fraction of sp³-hybridized carbons (Fsp3) is 1.00. The maximum atomic E-state index is 9.06. The van der Waals surface area contributed by atoms with E-state index in [1.807, 2.05) is 0 Å². The van der Waals surface area contributed by atoms with Crippen LogP contribution in [0.5, 0.6) is 0 Å². The minimum absolute atomic E-state index is 0.285. The molecular weight excluding hydrogens is 336 g/mol. The summed E-state index contributed by atoms with van der Waals surface area (Å²) in [5.74, 6) is 0. The van der Waals surface area contributed by atoms with Crippen LogP contribution in [0.4, 0.5) is 0 Å². The van der Waals surface area contributed by atoms with Gasteiger partial charge in [-0.05, 0) is 78.2 Å². The lowest BCUT2D eigenvalue weighted by Gasteiger charge is -2.27. The van der Waals surface area contributed by atoms with Crippen molar-refractivity contribution in [3.05, 3.63) is 0 Å². The van der Waals surface area contributed by atoms with E-state index in [4.69, 9.17) is 10.2 Å². The van der Waals surface area contributed by atoms with Crippen LogP contribution >= 0.6 is 0 Å². The highest BCUT2D eigenvalue weighted by molar-refractivity contribution is 4.65. The first-order valence-corrected chi connectivity index (χ1v) is 11.8. The summed E-state index contributed by atoms with van der Waals surface area (Å²) in [5, 5.41) is 17.8. The third kappa shape index (κ3) is 20.4. The fourth-order valence-corrected chi connectivity index (χ4v) is 2.94. The van der Waals surface area contributed by atoms with Crippen LogP contribution in [-0.2, 0) is 0 Å². The van der Waals surface area contributed by atoms with Gasteiger partial charge in [-0.15, -0.1) is 0 Å². The molecule has 0 fully saturated rings. The normalized spacial score (nSPS) is 12.3. The van der Waals surface area contributed by atoms with E-state index in [1.165, 1.54) is 71.0 Å². The Balaban J connectivity index is 0. The molecule has 1 atom stereocenters. The Morgan fingerprint density at radius 1 is 0.593 bits per heavy atom. The molecule has 0 amide bonds. The van der Waals surface area contributed by atoms with Crippen LogP contribution < -0.4 is 0 Å². The Bertz CT molecular complexity index is 249. The minimum Gasteiger partial charge on any atom is -0.396 e. The molecule has 27 heavy (non-hydrogen) atoms. The number of unbranched alkanes of at least 4 members (excludes halogenated alkanes) is 5. The first-order chi connectivity index (χ1) is 13.1. The zero-order valence-corrected chi connectivity index (χ0v) is 19.4. The third-order valence-electron chi connectivity index (χ3n) is 5.02. The molecular formula is C23H52N2O2. The summed E-state index contributed by atoms with van der Waals surface area (Å²) in [6, 6.07) is 0.332. The number of hydrogen-bond donors (Lipinski definition) is 2. The summed E-state index contributed by atoms with van der Waals surface area (Å²) in [4.78, 5) is 4.94. The average molecular weight is 389 g/mol. The fourth-order valence-electron chi connectivity index (χ4n) is 2.94. The standard InChI is InChI=1S/C12H27NO.C11H25NO/c1-3-5-9-13(10-6-4-2)11-7-8-12-14;1-4-6-8-12(9-7-5-2)11(3)10-13/h14H,3-12H2,1-2H3;11,13H,4-10H2,1-3H3. The first kappa shape index (κ1) is 29.0. The molecule has 0 radical (unpaired) electrons. The summed E-state index contributed by atoms with van der Waals surface area (Å²) in [6.45, 7) is 17.6. The highest BCUT2D eigenvalue weighted by Crippen LogP contribution is 2.04. The van der Waals surface area contributed by atoms with Crippen LogP contribution in [-0.4, -0.2) is 72.0 Å². The van der Waals surface area contributed by atoms with Crippen molar-refractivity contribution in [3.8, 4) is 0 Å². The minimum atomic E-state index is 0.285. The van der Waals surface area contributed by atoms with Crippen molar-refractivity contribution < 1.29 is 10.2 Å². The average Bonchev–Trinajstić information content (AvgIpc) is 2.69. The van der Waals surface area contributed by atoms with E-state index in [-0.39, 0.29) is 6.61 Å². The van der Waals surface area contributed by atoms with Crippen molar-refractivity contribution in [2.75, 3.05) is 45.9 Å². The predicted molar refractivity (Wildman–Crippen MR) is 121 cm³/mol. The Morgan fingerprint density at radius 3 is 1.37 bits per heavy atom. The van der Waals surface area contributed by atoms with E-state index in [9.17, 15) is 0 Å². The molecule has 4 nitrogen and oxygen atoms in total. The summed E-state index contributed by atoms with van der Waals surface area (Å²) < 4.78 is 0. The quantitative estimate of drug-likeness (QED) is 0.327. The molecule has 2 N–H and O–H groups in total. The first-order valence-electron chi connectivity index (χ1n) is 11.8. The molecule has 0 aromatic heterocycles. The molecule has 0 aliphatic rings. The molecule has 0 aromatic rings. The van der Waals surface area contributed by atoms with Gasteiger partial charge in [-0.3, -0.25) is 4.90 Å². The van der Waals surface area contributed by atoms with Crippen molar-refractivity contribution in [2.24, 2.45) is 0 Å². The zero-order valence-electron chi connectivity index (χ0n) is 19.4. The smallest absolute Gasteiger partial charge is 0.0584 e. The van der Waals surface area contributed by atoms with E-state index >= 15 is 0 Å². The van der Waals surface area contributed by atoms with Gasteiger partial charge in [0.15, 0.2) is 0 Å². The maximum Gasteiger partial charge on any atom is 0.0584 e. The summed E-state index contributed by atoms with van der Waals surface area (Å²) in [7, 11) is 0. The molecule has 0 aromatic carbocycles. The molecule has 0 spiro atoms. The van der Waals surface area contributed by atoms with Crippen molar-refractivity contribution >= 4 is 0 Å². The SMILES string of the molecule is CCCCN(CCCC)C(C)CO.CCCCN(CCCC)CCCCO. The van der Waals surface area contributed by atoms with Gasteiger partial charge in [-0.25, -0.2) is 0 Å². The second-order valence-corrected chi connectivity index (χ2v) is 7.75. The number of nitrogens with zero attached hydrogens (tertiary/aromatic N) is 2. The second-order valence-electron chi connectivity index (χ2n) is 7.75. The molecule has 166 valence electrons. The second kappa shape index (κ2) is 23.9. The van der Waals surface area contributed by atoms with Gasteiger partial charge in [0.1, 0.15) is 0 Å². The topological polar surface area (TPSA) is 46.9 Å². The maximum absolute atomic E-state index is 9.06. The van der Waals surface area contributed by atoms with Gasteiger partial charge in [0.05, 0.1) is 6.61 Å². The summed E-state index contributed by atoms with van der Waals surface area (Å²) >= 11 is 0.